The van der Waals surface area contributed by atoms with Crippen LogP contribution in [0.3, 0.4) is 0 Å². The van der Waals surface area contributed by atoms with Crippen LogP contribution in [0.25, 0.3) is 0 Å². The standard InChI is InChI=1S/C12H16N2OS/c1-10(16(2)15)8-14-9-12-5-3-11(7-13)4-6-12/h3-6,10,14H,8-9H2,1-2H3. The summed E-state index contributed by atoms with van der Waals surface area (Å²) in [5, 5.41) is 12.0. The summed E-state index contributed by atoms with van der Waals surface area (Å²) < 4.78 is 11.1. The first-order chi connectivity index (χ1) is 7.63. The lowest BCUT2D eigenvalue weighted by Gasteiger charge is -2.09. The monoisotopic (exact) mass is 236 g/mol. The maximum Gasteiger partial charge on any atom is 0.0991 e. The third kappa shape index (κ3) is 4.13. The fraction of sp³-hybridized carbons (Fsp3) is 0.417. The van der Waals surface area contributed by atoms with Crippen molar-refractivity contribution in [3.63, 3.8) is 0 Å². The Hall–Kier alpha value is -1.18. The van der Waals surface area contributed by atoms with Gasteiger partial charge in [-0.05, 0) is 24.6 Å². The second kappa shape index (κ2) is 6.41. The molecule has 3 nitrogen and oxygen atoms in total. The van der Waals surface area contributed by atoms with Gasteiger partial charge in [-0.2, -0.15) is 5.26 Å². The summed E-state index contributed by atoms with van der Waals surface area (Å²) in [6.07, 6.45) is 1.72. The summed E-state index contributed by atoms with van der Waals surface area (Å²) in [7, 11) is -0.779. The van der Waals surface area contributed by atoms with E-state index in [0.717, 1.165) is 18.7 Å². The van der Waals surface area contributed by atoms with Gasteiger partial charge in [-0.15, -0.1) is 0 Å². The van der Waals surface area contributed by atoms with Gasteiger partial charge in [-0.1, -0.05) is 12.1 Å². The Labute approximate surface area is 98.9 Å². The van der Waals surface area contributed by atoms with E-state index in [4.69, 9.17) is 5.26 Å². The number of hydrogen-bond acceptors (Lipinski definition) is 3. The molecule has 0 aliphatic carbocycles. The summed E-state index contributed by atoms with van der Waals surface area (Å²) in [6, 6.07) is 9.55. The quantitative estimate of drug-likeness (QED) is 0.841. The minimum absolute atomic E-state index is 0.165. The van der Waals surface area contributed by atoms with E-state index in [9.17, 15) is 4.21 Å². The molecule has 16 heavy (non-hydrogen) atoms. The Morgan fingerprint density at radius 2 is 2.06 bits per heavy atom. The summed E-state index contributed by atoms with van der Waals surface area (Å²) in [6.45, 7) is 3.44. The zero-order chi connectivity index (χ0) is 12.0. The first-order valence-electron chi connectivity index (χ1n) is 5.15. The molecule has 0 amide bonds. The van der Waals surface area contributed by atoms with Crippen molar-refractivity contribution < 1.29 is 4.21 Å². The molecule has 2 unspecified atom stereocenters. The van der Waals surface area contributed by atoms with Crippen molar-refractivity contribution in [3.8, 4) is 6.07 Å². The molecule has 1 rings (SSSR count). The highest BCUT2D eigenvalue weighted by Gasteiger charge is 2.04. The fourth-order valence-electron chi connectivity index (χ4n) is 1.23. The highest BCUT2D eigenvalue weighted by atomic mass is 32.2. The molecule has 4 heteroatoms. The highest BCUT2D eigenvalue weighted by Crippen LogP contribution is 2.02. The molecule has 0 radical (unpaired) electrons. The molecule has 1 aromatic rings. The van der Waals surface area contributed by atoms with Gasteiger partial charge in [0.1, 0.15) is 0 Å². The van der Waals surface area contributed by atoms with E-state index in [1.54, 1.807) is 18.4 Å². The predicted molar refractivity (Wildman–Crippen MR) is 66.4 cm³/mol. The normalized spacial score (nSPS) is 14.1. The van der Waals surface area contributed by atoms with Gasteiger partial charge in [0.05, 0.1) is 11.6 Å². The molecule has 0 saturated carbocycles. The van der Waals surface area contributed by atoms with E-state index >= 15 is 0 Å². The predicted octanol–water partition coefficient (Wildman–Crippen LogP) is 1.41. The molecule has 0 aliphatic heterocycles. The molecule has 0 saturated heterocycles. The Balaban J connectivity index is 2.38. The molecule has 1 aromatic carbocycles. The average Bonchev–Trinajstić information content (AvgIpc) is 2.29. The van der Waals surface area contributed by atoms with Crippen LogP contribution in [0.4, 0.5) is 0 Å². The second-order valence-corrected chi connectivity index (χ2v) is 5.55. The number of rotatable bonds is 5. The van der Waals surface area contributed by atoms with Crippen molar-refractivity contribution in [3.05, 3.63) is 35.4 Å². The van der Waals surface area contributed by atoms with Crippen LogP contribution < -0.4 is 5.32 Å². The van der Waals surface area contributed by atoms with Crippen LogP contribution in [0.1, 0.15) is 18.1 Å². The van der Waals surface area contributed by atoms with Crippen LogP contribution in [0.5, 0.6) is 0 Å². The van der Waals surface area contributed by atoms with Crippen molar-refractivity contribution in [2.24, 2.45) is 0 Å². The maximum atomic E-state index is 11.1. The van der Waals surface area contributed by atoms with Crippen molar-refractivity contribution in [1.82, 2.24) is 5.32 Å². The van der Waals surface area contributed by atoms with Crippen LogP contribution in [-0.4, -0.2) is 22.3 Å². The zero-order valence-electron chi connectivity index (χ0n) is 9.56. The molecule has 86 valence electrons. The summed E-state index contributed by atoms with van der Waals surface area (Å²) in [5.41, 5.74) is 1.81. The van der Waals surface area contributed by atoms with Crippen LogP contribution >= 0.6 is 0 Å². The Bertz CT molecular complexity index is 394. The van der Waals surface area contributed by atoms with Gasteiger partial charge in [0, 0.05) is 35.4 Å². The molecular weight excluding hydrogens is 220 g/mol. The first kappa shape index (κ1) is 12.9. The largest absolute Gasteiger partial charge is 0.311 e. The van der Waals surface area contributed by atoms with E-state index in [0.29, 0.717) is 5.56 Å². The smallest absolute Gasteiger partial charge is 0.0991 e. The molecule has 1 N–H and O–H groups in total. The summed E-state index contributed by atoms with van der Waals surface area (Å²) in [5.74, 6) is 0. The van der Waals surface area contributed by atoms with Gasteiger partial charge in [0.15, 0.2) is 0 Å². The topological polar surface area (TPSA) is 52.9 Å². The van der Waals surface area contributed by atoms with E-state index in [2.05, 4.69) is 11.4 Å². The minimum Gasteiger partial charge on any atom is -0.311 e. The Morgan fingerprint density at radius 3 is 2.56 bits per heavy atom. The van der Waals surface area contributed by atoms with E-state index in [-0.39, 0.29) is 5.25 Å². The molecule has 0 fully saturated rings. The van der Waals surface area contributed by atoms with Gasteiger partial charge in [0.2, 0.25) is 0 Å². The van der Waals surface area contributed by atoms with E-state index in [1.165, 1.54) is 0 Å². The lowest BCUT2D eigenvalue weighted by molar-refractivity contribution is 0.647. The first-order valence-corrected chi connectivity index (χ1v) is 6.77. The van der Waals surface area contributed by atoms with Crippen molar-refractivity contribution in [2.75, 3.05) is 12.8 Å². The zero-order valence-corrected chi connectivity index (χ0v) is 10.4. The van der Waals surface area contributed by atoms with Crippen molar-refractivity contribution in [2.45, 2.75) is 18.7 Å². The molecule has 0 aromatic heterocycles. The van der Waals surface area contributed by atoms with E-state index in [1.807, 2.05) is 19.1 Å². The molecular formula is C12H16N2OS. The van der Waals surface area contributed by atoms with Gasteiger partial charge < -0.3 is 5.32 Å². The molecule has 2 atom stereocenters. The molecule has 0 aliphatic rings. The second-order valence-electron chi connectivity index (χ2n) is 3.75. The summed E-state index contributed by atoms with van der Waals surface area (Å²) in [4.78, 5) is 0. The maximum absolute atomic E-state index is 11.1. The van der Waals surface area contributed by atoms with Crippen LogP contribution in [0, 0.1) is 11.3 Å². The van der Waals surface area contributed by atoms with Crippen molar-refractivity contribution >= 4 is 10.8 Å². The van der Waals surface area contributed by atoms with Crippen LogP contribution in [-0.2, 0) is 17.3 Å². The van der Waals surface area contributed by atoms with E-state index < -0.39 is 10.8 Å². The SMILES string of the molecule is CC(CNCc1ccc(C#N)cc1)S(C)=O. The molecule has 0 heterocycles. The fourth-order valence-corrected chi connectivity index (χ4v) is 1.59. The van der Waals surface area contributed by atoms with Gasteiger partial charge >= 0.3 is 0 Å². The van der Waals surface area contributed by atoms with Crippen LogP contribution in [0.15, 0.2) is 24.3 Å². The molecule has 0 bridgehead atoms. The third-order valence-corrected chi connectivity index (χ3v) is 3.71. The van der Waals surface area contributed by atoms with Crippen LogP contribution in [0.2, 0.25) is 0 Å². The minimum atomic E-state index is -0.779. The Kier molecular flexibility index (Phi) is 5.17. The average molecular weight is 236 g/mol. The lowest BCUT2D eigenvalue weighted by Crippen LogP contribution is -2.27. The number of nitriles is 1. The lowest BCUT2D eigenvalue weighted by atomic mass is 10.1. The highest BCUT2D eigenvalue weighted by molar-refractivity contribution is 7.84. The van der Waals surface area contributed by atoms with Gasteiger partial charge in [-0.3, -0.25) is 4.21 Å². The van der Waals surface area contributed by atoms with Gasteiger partial charge in [-0.25, -0.2) is 0 Å². The number of benzene rings is 1. The summed E-state index contributed by atoms with van der Waals surface area (Å²) >= 11 is 0. The molecule has 0 spiro atoms. The Morgan fingerprint density at radius 1 is 1.44 bits per heavy atom. The van der Waals surface area contributed by atoms with Crippen molar-refractivity contribution in [1.29, 1.82) is 5.26 Å². The third-order valence-electron chi connectivity index (χ3n) is 2.41. The van der Waals surface area contributed by atoms with Gasteiger partial charge in [0.25, 0.3) is 0 Å². The number of hydrogen-bond donors (Lipinski definition) is 1. The number of nitrogens with one attached hydrogen (secondary N) is 1. The number of nitrogens with zero attached hydrogens (tertiary/aromatic N) is 1.